The van der Waals surface area contributed by atoms with Gasteiger partial charge in [-0.3, -0.25) is 0 Å². The molecule has 0 aromatic rings. The Bertz CT molecular complexity index is 321. The van der Waals surface area contributed by atoms with Gasteiger partial charge in [0.2, 0.25) is 0 Å². The van der Waals surface area contributed by atoms with Gasteiger partial charge in [-0.2, -0.15) is 0 Å². The molecule has 2 fully saturated rings. The normalized spacial score (nSPS) is 36.9. The van der Waals surface area contributed by atoms with Gasteiger partial charge in [-0.15, -0.1) is 0 Å². The van der Waals surface area contributed by atoms with Crippen LogP contribution in [0.25, 0.3) is 0 Å². The Labute approximate surface area is 144 Å². The van der Waals surface area contributed by atoms with Crippen LogP contribution < -0.4 is 0 Å². The van der Waals surface area contributed by atoms with E-state index >= 15 is 0 Å². The molecule has 0 heterocycles. The first kappa shape index (κ1) is 15.8. The van der Waals surface area contributed by atoms with E-state index in [1.165, 1.54) is 96.5 Å². The van der Waals surface area contributed by atoms with Gasteiger partial charge in [0.25, 0.3) is 0 Å². The third kappa shape index (κ3) is 3.73. The van der Waals surface area contributed by atoms with E-state index in [0.717, 1.165) is 11.7 Å². The van der Waals surface area contributed by atoms with Crippen molar-refractivity contribution in [3.05, 3.63) is 12.3 Å². The zero-order chi connectivity index (χ0) is 13.4. The van der Waals surface area contributed by atoms with Gasteiger partial charge in [-0.1, -0.05) is 0 Å². The zero-order valence-corrected chi connectivity index (χ0v) is 19.5. The summed E-state index contributed by atoms with van der Waals surface area (Å²) in [5, 5.41) is 0. The van der Waals surface area contributed by atoms with Crippen molar-refractivity contribution in [1.82, 2.24) is 0 Å². The van der Waals surface area contributed by atoms with Crippen LogP contribution in [0.1, 0.15) is 58.8 Å². The quantitative estimate of drug-likeness (QED) is 0.340. The molecule has 0 aromatic carbocycles. The second-order valence-electron chi connectivity index (χ2n) is 6.66. The van der Waals surface area contributed by atoms with Crippen molar-refractivity contribution < 1.29 is 4.74 Å². The van der Waals surface area contributed by atoms with Gasteiger partial charge in [-0.05, 0) is 0 Å². The van der Waals surface area contributed by atoms with E-state index in [0.29, 0.717) is 12.1 Å². The Balaban J connectivity index is 1.93. The molecule has 18 heavy (non-hydrogen) atoms. The van der Waals surface area contributed by atoms with Crippen molar-refractivity contribution in [2.75, 3.05) is 0 Å². The summed E-state index contributed by atoms with van der Waals surface area (Å²) in [7, 11) is 0. The van der Waals surface area contributed by atoms with Crippen molar-refractivity contribution >= 4 is 51.5 Å². The fourth-order valence-corrected chi connectivity index (χ4v) is 4.01. The summed E-state index contributed by atoms with van der Waals surface area (Å²) in [6.45, 7) is 9.01. The predicted octanol–water partition coefficient (Wildman–Crippen LogP) is 3.74. The van der Waals surface area contributed by atoms with Crippen LogP contribution in [-0.2, 0) is 4.74 Å². The molecule has 0 aliphatic heterocycles. The third-order valence-corrected chi connectivity index (χ3v) is 7.16. The van der Waals surface area contributed by atoms with E-state index in [1.807, 2.05) is 0 Å². The monoisotopic (exact) mass is 636 g/mol. The molecule has 2 rings (SSSR count). The molecule has 6 radical (unpaired) electrons. The van der Waals surface area contributed by atoms with Crippen molar-refractivity contribution in [2.45, 2.75) is 65.4 Å². The van der Waals surface area contributed by atoms with Gasteiger partial charge in [0.15, 0.2) is 0 Å². The zero-order valence-electron chi connectivity index (χ0n) is 11.7. The molecule has 0 bridgehead atoms. The first-order valence-corrected chi connectivity index (χ1v) is 11.1. The second kappa shape index (κ2) is 6.02. The predicted molar refractivity (Wildman–Crippen MR) is 77.8 cm³/mol. The molecule has 0 saturated heterocycles. The van der Waals surface area contributed by atoms with Crippen molar-refractivity contribution in [1.29, 1.82) is 0 Å². The van der Waals surface area contributed by atoms with Crippen LogP contribution in [0.3, 0.4) is 0 Å². The molecule has 0 spiro atoms. The molecule has 0 aromatic heterocycles. The van der Waals surface area contributed by atoms with Crippen molar-refractivity contribution in [2.24, 2.45) is 11.3 Å². The molecular weight excluding hydrogens is 611 g/mol. The van der Waals surface area contributed by atoms with Gasteiger partial charge in [0.05, 0.1) is 0 Å². The maximum absolute atomic E-state index is 6.22. The van der Waals surface area contributed by atoms with Crippen LogP contribution in [0.5, 0.6) is 0 Å². The minimum atomic E-state index is 0.354. The SMILES string of the molecule is C=C(OC1CCC2(C)CCCCC2C1)[C](C)([Pb])[Pb]. The van der Waals surface area contributed by atoms with Crippen LogP contribution in [0.2, 0.25) is 0.533 Å². The summed E-state index contributed by atoms with van der Waals surface area (Å²) in [6, 6.07) is 0. The van der Waals surface area contributed by atoms with Crippen LogP contribution in [0, 0.1) is 11.3 Å². The van der Waals surface area contributed by atoms with Crippen LogP contribution in [0.4, 0.5) is 0 Å². The molecule has 3 heteroatoms. The summed E-state index contributed by atoms with van der Waals surface area (Å²) in [4.78, 5) is 0. The molecule has 3 unspecified atom stereocenters. The third-order valence-electron chi connectivity index (χ3n) is 4.99. The van der Waals surface area contributed by atoms with E-state index in [-0.39, 0.29) is 0 Å². The van der Waals surface area contributed by atoms with E-state index in [9.17, 15) is 0 Å². The molecule has 0 amide bonds. The fraction of sp³-hybridized carbons (Fsp3) is 0.867. The fourth-order valence-electron chi connectivity index (χ4n) is 3.56. The molecular formula is C15H24OPb2. The molecule has 2 aliphatic carbocycles. The van der Waals surface area contributed by atoms with Crippen molar-refractivity contribution in [3.8, 4) is 0 Å². The summed E-state index contributed by atoms with van der Waals surface area (Å²) < 4.78 is 6.58. The summed E-state index contributed by atoms with van der Waals surface area (Å²) in [5.41, 5.74) is 0.630. The topological polar surface area (TPSA) is 9.23 Å². The first-order valence-electron chi connectivity index (χ1n) is 7.17. The van der Waals surface area contributed by atoms with Crippen LogP contribution >= 0.6 is 0 Å². The average molecular weight is 635 g/mol. The van der Waals surface area contributed by atoms with Gasteiger partial charge < -0.3 is 0 Å². The summed E-state index contributed by atoms with van der Waals surface area (Å²) in [6.07, 6.45) is 10.1. The average Bonchev–Trinajstić information content (AvgIpc) is 2.28. The maximum atomic E-state index is 6.22. The van der Waals surface area contributed by atoms with Crippen molar-refractivity contribution in [3.63, 3.8) is 0 Å². The standard InChI is InChI=1S/C15H24O.2Pb/c1-4-12(2)16-14-8-10-15(3)9-6-5-7-13(15)11-14;;/h13-14H,2,5-11H2,1,3H3;;. The van der Waals surface area contributed by atoms with Crippen LogP contribution in [-0.4, -0.2) is 57.6 Å². The summed E-state index contributed by atoms with van der Waals surface area (Å²) >= 11 is 2.35. The van der Waals surface area contributed by atoms with E-state index in [4.69, 9.17) is 4.74 Å². The number of hydrogen-bond acceptors (Lipinski definition) is 1. The van der Waals surface area contributed by atoms with Gasteiger partial charge in [-0.25, -0.2) is 0 Å². The number of rotatable bonds is 3. The summed E-state index contributed by atoms with van der Waals surface area (Å²) in [5.74, 6) is 2.00. The Kier molecular flexibility index (Phi) is 5.27. The van der Waals surface area contributed by atoms with Gasteiger partial charge >= 0.3 is 145 Å². The molecule has 98 valence electrons. The van der Waals surface area contributed by atoms with Gasteiger partial charge in [0, 0.05) is 0 Å². The molecule has 0 N–H and O–H groups in total. The Morgan fingerprint density at radius 2 is 2.00 bits per heavy atom. The van der Waals surface area contributed by atoms with E-state index < -0.39 is 0 Å². The second-order valence-corrected chi connectivity index (χ2v) is 22.0. The molecule has 2 saturated carbocycles. The number of hydrogen-bond donors (Lipinski definition) is 0. The molecule has 3 atom stereocenters. The van der Waals surface area contributed by atoms with E-state index in [1.54, 1.807) is 0 Å². The Hall–Kier alpha value is 1.38. The number of fused-ring (bicyclic) bond motifs is 1. The minimum absolute atomic E-state index is 0.354. The molecule has 2 aliphatic rings. The Morgan fingerprint density at radius 1 is 1.28 bits per heavy atom. The van der Waals surface area contributed by atoms with Crippen LogP contribution in [0.15, 0.2) is 12.3 Å². The number of ether oxygens (including phenoxy) is 1. The van der Waals surface area contributed by atoms with E-state index in [2.05, 4.69) is 20.4 Å². The Morgan fingerprint density at radius 3 is 2.67 bits per heavy atom. The molecule has 1 nitrogen and oxygen atoms in total. The van der Waals surface area contributed by atoms with Gasteiger partial charge in [0.1, 0.15) is 0 Å². The number of allylic oxidation sites excluding steroid dienone is 1. The first-order chi connectivity index (χ1) is 8.31.